The number of ketones is 2. The number of esters is 1. The smallest absolute Gasteiger partial charge is 0.341 e. The number of para-hydroxylation sites is 1. The van der Waals surface area contributed by atoms with E-state index in [0.29, 0.717) is 85.6 Å². The molecule has 2 aliphatic rings. The van der Waals surface area contributed by atoms with Gasteiger partial charge in [-0.1, -0.05) is 124 Å². The maximum atomic E-state index is 12.5. The predicted octanol–water partition coefficient (Wildman–Crippen LogP) is 13.7. The maximum Gasteiger partial charge on any atom is 0.341 e. The lowest BCUT2D eigenvalue weighted by Gasteiger charge is -2.34. The number of hydrogen-bond donors (Lipinski definition) is 5. The van der Waals surface area contributed by atoms with Gasteiger partial charge in [0.25, 0.3) is 0 Å². The SMILES string of the molecule is CCOC(=O)c1c(N)sc2c1CCN(Cc1ccccc1)C2.Cc1c(Cl)cccc1Nc1ccccc1C(=O)O.Cc1cc(C)n(C)c1C(=O)c1ccc(Cl)cc1.Cc1ccc(C(=O)c2ccc(CC(=O)O)n2C)cc1.O=C(Cn1c(=O)sc2ccc(Cl)cc21)N1CCN(CCO)CC1. The average molecular weight is 1440 g/mol. The number of fused-ring (bicyclic) bond motifs is 2. The molecule has 1 amide bonds. The Morgan fingerprint density at radius 1 is 0.677 bits per heavy atom. The molecule has 24 heteroatoms. The Balaban J connectivity index is 0.000000158. The lowest BCUT2D eigenvalue weighted by molar-refractivity contribution is -0.136. The minimum Gasteiger partial charge on any atom is -0.481 e. The number of β-amino-alcohol motifs (C(OH)–C–C–N with tert-alkyl or cyclic N) is 1. The Kier molecular flexibility index (Phi) is 27.2. The van der Waals surface area contributed by atoms with E-state index in [4.69, 9.17) is 60.6 Å². The molecule has 6 aromatic carbocycles. The summed E-state index contributed by atoms with van der Waals surface area (Å²) in [6, 6.07) is 47.6. The molecule has 12 rings (SSSR count). The van der Waals surface area contributed by atoms with E-state index in [-0.39, 0.29) is 53.5 Å². The Morgan fingerprint density at radius 2 is 1.32 bits per heavy atom. The van der Waals surface area contributed by atoms with Gasteiger partial charge in [0, 0.05) is 115 Å². The molecule has 0 radical (unpaired) electrons. The zero-order chi connectivity index (χ0) is 71.6. The molecular weight excluding hydrogens is 1360 g/mol. The van der Waals surface area contributed by atoms with Gasteiger partial charge in [0.1, 0.15) is 11.5 Å². The monoisotopic (exact) mass is 1440 g/mol. The summed E-state index contributed by atoms with van der Waals surface area (Å²) in [6.45, 7) is 16.2. The highest BCUT2D eigenvalue weighted by Gasteiger charge is 2.28. The number of aromatic nitrogens is 3. The van der Waals surface area contributed by atoms with Crippen LogP contribution in [0.2, 0.25) is 15.1 Å². The zero-order valence-electron chi connectivity index (χ0n) is 56.0. The van der Waals surface area contributed by atoms with Gasteiger partial charge in [-0.05, 0) is 148 Å². The van der Waals surface area contributed by atoms with Crippen LogP contribution in [-0.2, 0) is 60.9 Å². The molecule has 0 aliphatic carbocycles. The van der Waals surface area contributed by atoms with E-state index in [0.717, 1.165) is 94.5 Å². The van der Waals surface area contributed by atoms with Crippen molar-refractivity contribution in [1.82, 2.24) is 28.4 Å². The number of thiazole rings is 1. The number of carbonyl (C=O) groups excluding carboxylic acids is 4. The maximum absolute atomic E-state index is 12.5. The van der Waals surface area contributed by atoms with Gasteiger partial charge in [0.15, 0.2) is 0 Å². The van der Waals surface area contributed by atoms with E-state index < -0.39 is 11.9 Å². The van der Waals surface area contributed by atoms with Crippen LogP contribution >= 0.6 is 57.5 Å². The molecule has 1 saturated heterocycles. The molecule has 0 atom stereocenters. The van der Waals surface area contributed by atoms with Gasteiger partial charge < -0.3 is 45.1 Å². The second-order valence-corrected chi connectivity index (χ2v) is 27.0. The number of carboxylic acid groups (broad SMARTS) is 2. The molecule has 0 saturated carbocycles. The van der Waals surface area contributed by atoms with Crippen molar-refractivity contribution >= 4 is 119 Å². The van der Waals surface area contributed by atoms with Crippen LogP contribution in [0.1, 0.15) is 104 Å². The number of nitrogens with zero attached hydrogens (tertiary/aromatic N) is 6. The Hall–Kier alpha value is -9.16. The van der Waals surface area contributed by atoms with Crippen molar-refractivity contribution in [3.63, 3.8) is 0 Å². The third-order valence-electron chi connectivity index (χ3n) is 16.7. The molecule has 2 aliphatic heterocycles. The number of carbonyl (C=O) groups is 6. The van der Waals surface area contributed by atoms with Gasteiger partial charge in [-0.2, -0.15) is 0 Å². The summed E-state index contributed by atoms with van der Waals surface area (Å²) < 4.78 is 11.0. The molecule has 518 valence electrons. The first-order valence-electron chi connectivity index (χ1n) is 31.8. The number of amides is 1. The number of nitrogens with one attached hydrogen (secondary N) is 1. The number of ether oxygens (including phenoxy) is 1. The highest BCUT2D eigenvalue weighted by Crippen LogP contribution is 2.36. The lowest BCUT2D eigenvalue weighted by Crippen LogP contribution is -2.50. The van der Waals surface area contributed by atoms with Gasteiger partial charge in [-0.15, -0.1) is 11.3 Å². The van der Waals surface area contributed by atoms with Crippen LogP contribution in [0.4, 0.5) is 16.4 Å². The van der Waals surface area contributed by atoms with Gasteiger partial charge >= 0.3 is 22.8 Å². The summed E-state index contributed by atoms with van der Waals surface area (Å²) in [5.41, 5.74) is 18.5. The number of aryl methyl sites for hydroxylation is 3. The summed E-state index contributed by atoms with van der Waals surface area (Å²) in [5, 5.41) is 32.4. The average Bonchev–Trinajstić information content (AvgIpc) is 1.69. The van der Waals surface area contributed by atoms with Crippen LogP contribution in [0, 0.1) is 27.7 Å². The number of carboxylic acids is 2. The minimum atomic E-state index is -0.960. The Morgan fingerprint density at radius 3 is 1.97 bits per heavy atom. The van der Waals surface area contributed by atoms with Crippen molar-refractivity contribution in [3.8, 4) is 0 Å². The van der Waals surface area contributed by atoms with Gasteiger partial charge in [0.2, 0.25) is 17.5 Å². The first-order valence-corrected chi connectivity index (χ1v) is 34.6. The van der Waals surface area contributed by atoms with Crippen LogP contribution < -0.4 is 15.9 Å². The number of aliphatic hydroxyl groups excluding tert-OH is 1. The molecule has 99 heavy (non-hydrogen) atoms. The molecule has 0 bridgehead atoms. The summed E-state index contributed by atoms with van der Waals surface area (Å²) in [6.07, 6.45) is 0.766. The second kappa shape index (κ2) is 35.6. The first-order chi connectivity index (χ1) is 47.3. The summed E-state index contributed by atoms with van der Waals surface area (Å²) >= 11 is 20.5. The van der Waals surface area contributed by atoms with Crippen molar-refractivity contribution in [2.75, 3.05) is 63.5 Å². The number of aromatic carboxylic acids is 1. The number of nitrogen functional groups attached to an aromatic ring is 1. The third-order valence-corrected chi connectivity index (χ3v) is 19.6. The molecule has 19 nitrogen and oxygen atoms in total. The van der Waals surface area contributed by atoms with Crippen LogP contribution in [0.25, 0.3) is 10.2 Å². The summed E-state index contributed by atoms with van der Waals surface area (Å²) in [4.78, 5) is 90.5. The van der Waals surface area contributed by atoms with Crippen LogP contribution in [0.15, 0.2) is 163 Å². The highest BCUT2D eigenvalue weighted by molar-refractivity contribution is 7.16. The van der Waals surface area contributed by atoms with Gasteiger partial charge in [0.05, 0.1) is 58.1 Å². The minimum absolute atomic E-state index is 0.0368. The van der Waals surface area contributed by atoms with Crippen LogP contribution in [-0.4, -0.2) is 132 Å². The fourth-order valence-electron chi connectivity index (χ4n) is 11.3. The fraction of sp³-hybridized carbons (Fsp3) is 0.267. The summed E-state index contributed by atoms with van der Waals surface area (Å²) in [7, 11) is 3.62. The van der Waals surface area contributed by atoms with E-state index in [1.165, 1.54) is 26.3 Å². The molecule has 1 fully saturated rings. The van der Waals surface area contributed by atoms with Crippen molar-refractivity contribution in [1.29, 1.82) is 0 Å². The number of aliphatic hydroxyl groups is 1. The normalized spacial score (nSPS) is 12.7. The molecule has 4 aromatic heterocycles. The molecule has 0 unspecified atom stereocenters. The second-order valence-electron chi connectivity index (χ2n) is 23.6. The number of thiophene rings is 1. The van der Waals surface area contributed by atoms with Crippen LogP contribution in [0.5, 0.6) is 0 Å². The fourth-order valence-corrected chi connectivity index (χ4v) is 13.8. The first kappa shape index (κ1) is 75.6. The standard InChI is InChI=1S/C17H20N2O2S.C15H18ClN3O3S.C15H15NO3.C14H12ClNO2.C14H14ClNO/c1-2-21-17(20)15-13-8-9-19(11-14(13)22-16(15)18)10-12-6-4-3-5-7-12;16-11-1-2-13-12(9-11)19(15(22)23-13)10-14(21)18-5-3-17(4-6-18)7-8-20;1-10-3-5-11(6-4-10)15(19)13-8-7-12(16(13)2)9-14(17)18;1-9-11(15)6-4-8-12(9)16-13-7-3-2-5-10(13)14(17)18;1-9-8-10(2)16(3)13(9)14(17)11-4-6-12(15)7-5-11/h3-7H,2,8-11,18H2,1H3;1-2,9,20H,3-8,10H2;3-8H,9H2,1-2H3,(H,17,18);2-8,16H,1H3,(H,17,18);4-8H,1-3H3. The van der Waals surface area contributed by atoms with E-state index in [2.05, 4.69) is 39.4 Å². The van der Waals surface area contributed by atoms with Crippen molar-refractivity contribution in [2.24, 2.45) is 14.1 Å². The van der Waals surface area contributed by atoms with Gasteiger partial charge in [-0.3, -0.25) is 38.3 Å². The zero-order valence-corrected chi connectivity index (χ0v) is 59.9. The number of nitrogens with two attached hydrogens (primary N) is 1. The van der Waals surface area contributed by atoms with E-state index in [9.17, 15) is 33.6 Å². The van der Waals surface area contributed by atoms with Crippen molar-refractivity contribution < 1.29 is 48.8 Å². The number of aliphatic carboxylic acids is 1. The molecule has 6 heterocycles. The Labute approximate surface area is 597 Å². The van der Waals surface area contributed by atoms with E-state index >= 15 is 0 Å². The number of piperazine rings is 1. The molecule has 0 spiro atoms. The number of hydrogen-bond acceptors (Lipinski definition) is 15. The predicted molar refractivity (Wildman–Crippen MR) is 394 cm³/mol. The van der Waals surface area contributed by atoms with Crippen LogP contribution in [0.3, 0.4) is 0 Å². The van der Waals surface area contributed by atoms with E-state index in [1.807, 2.05) is 82.6 Å². The van der Waals surface area contributed by atoms with Crippen molar-refractivity contribution in [2.45, 2.75) is 67.1 Å². The lowest BCUT2D eigenvalue weighted by atomic mass is 10.0. The molecule has 10 aromatic rings. The molecular formula is C75H79Cl3N8O11S2. The quantitative estimate of drug-likeness (QED) is 0.0420. The third kappa shape index (κ3) is 20.0. The number of benzene rings is 6. The number of anilines is 3. The Bertz CT molecular complexity index is 4560. The number of rotatable bonds is 17. The molecule has 6 N–H and O–H groups in total. The number of halogens is 3. The van der Waals surface area contributed by atoms with Gasteiger partial charge in [-0.25, -0.2) is 9.59 Å². The topological polar surface area (TPSA) is 252 Å². The highest BCUT2D eigenvalue weighted by atomic mass is 35.5. The summed E-state index contributed by atoms with van der Waals surface area (Å²) in [5.74, 6) is -2.27. The largest absolute Gasteiger partial charge is 0.481 e. The van der Waals surface area contributed by atoms with E-state index in [1.54, 1.807) is 114 Å². The van der Waals surface area contributed by atoms with Crippen molar-refractivity contribution in [3.05, 3.63) is 260 Å².